The molecule has 0 aromatic carbocycles. The van der Waals surface area contributed by atoms with Crippen LogP contribution in [0.2, 0.25) is 0 Å². The smallest absolute Gasteiger partial charge is 0.275 e. The quantitative estimate of drug-likeness (QED) is 0.472. The molecule has 0 unspecified atom stereocenters. The van der Waals surface area contributed by atoms with Gasteiger partial charge in [0.1, 0.15) is 5.01 Å². The third-order valence-electron chi connectivity index (χ3n) is 3.24. The summed E-state index contributed by atoms with van der Waals surface area (Å²) in [5, 5.41) is 16.4. The third-order valence-corrected chi connectivity index (χ3v) is 6.18. The van der Waals surface area contributed by atoms with Gasteiger partial charge in [-0.25, -0.2) is 4.98 Å². The van der Waals surface area contributed by atoms with E-state index in [9.17, 15) is 9.59 Å². The molecule has 0 fully saturated rings. The summed E-state index contributed by atoms with van der Waals surface area (Å²) in [4.78, 5) is 28.8. The van der Waals surface area contributed by atoms with E-state index in [1.54, 1.807) is 6.92 Å². The zero-order valence-corrected chi connectivity index (χ0v) is 17.0. The molecule has 1 amide bonds. The molecule has 11 heteroatoms. The molecule has 8 nitrogen and oxygen atoms in total. The Bertz CT molecular complexity index is 977. The highest BCUT2D eigenvalue weighted by atomic mass is 32.2. The van der Waals surface area contributed by atoms with E-state index < -0.39 is 0 Å². The molecule has 0 bridgehead atoms. The summed E-state index contributed by atoms with van der Waals surface area (Å²) >= 11 is 4.18. The van der Waals surface area contributed by atoms with Crippen molar-refractivity contribution < 1.29 is 4.79 Å². The Morgan fingerprint density at radius 1 is 1.35 bits per heavy atom. The summed E-state index contributed by atoms with van der Waals surface area (Å²) in [5.74, 6) is 0.876. The summed E-state index contributed by atoms with van der Waals surface area (Å²) < 4.78 is 2.07. The zero-order valence-electron chi connectivity index (χ0n) is 14.6. The number of thioether (sulfide) groups is 1. The van der Waals surface area contributed by atoms with Gasteiger partial charge in [0.05, 0.1) is 5.69 Å². The van der Waals surface area contributed by atoms with Gasteiger partial charge in [-0.3, -0.25) is 9.59 Å². The van der Waals surface area contributed by atoms with Gasteiger partial charge in [0, 0.05) is 24.7 Å². The first-order valence-corrected chi connectivity index (χ1v) is 10.7. The molecular weight excluding hydrogens is 392 g/mol. The molecule has 3 aromatic heterocycles. The summed E-state index contributed by atoms with van der Waals surface area (Å²) in [7, 11) is 0. The molecule has 0 spiro atoms. The van der Waals surface area contributed by atoms with Gasteiger partial charge in [-0.05, 0) is 5.92 Å². The number of hydrogen-bond acceptors (Lipinski definition) is 9. The molecule has 0 aliphatic rings. The van der Waals surface area contributed by atoms with E-state index in [0.29, 0.717) is 38.2 Å². The number of fused-ring (bicyclic) bond motifs is 1. The minimum atomic E-state index is -0.176. The lowest BCUT2D eigenvalue weighted by Crippen LogP contribution is -2.15. The second-order valence-corrected chi connectivity index (χ2v) is 9.18. The van der Waals surface area contributed by atoms with Crippen molar-refractivity contribution in [1.82, 2.24) is 24.8 Å². The first-order chi connectivity index (χ1) is 12.4. The highest BCUT2D eigenvalue weighted by Gasteiger charge is 2.12. The molecule has 3 aromatic rings. The lowest BCUT2D eigenvalue weighted by Gasteiger charge is -1.98. The number of nitrogens with one attached hydrogen (secondary N) is 1. The topological polar surface area (TPSA) is 102 Å². The minimum absolute atomic E-state index is 0.0970. The fourth-order valence-corrected chi connectivity index (χ4v) is 4.85. The number of nitrogens with zero attached hydrogens (tertiary/aromatic N) is 5. The van der Waals surface area contributed by atoms with Crippen LogP contribution in [0.3, 0.4) is 0 Å². The van der Waals surface area contributed by atoms with Crippen molar-refractivity contribution >= 4 is 50.4 Å². The van der Waals surface area contributed by atoms with E-state index in [4.69, 9.17) is 0 Å². The average Bonchev–Trinajstić information content (AvgIpc) is 3.19. The second kappa shape index (κ2) is 8.23. The number of amides is 1. The van der Waals surface area contributed by atoms with Crippen molar-refractivity contribution in [3.8, 4) is 0 Å². The molecule has 0 atom stereocenters. The first-order valence-electron chi connectivity index (χ1n) is 8.09. The van der Waals surface area contributed by atoms with Gasteiger partial charge < -0.3 is 5.32 Å². The van der Waals surface area contributed by atoms with Crippen molar-refractivity contribution in [2.24, 2.45) is 5.92 Å². The average molecular weight is 411 g/mol. The summed E-state index contributed by atoms with van der Waals surface area (Å²) in [6.07, 6.45) is 1.22. The van der Waals surface area contributed by atoms with Crippen molar-refractivity contribution in [2.75, 3.05) is 5.32 Å². The highest BCUT2D eigenvalue weighted by Crippen LogP contribution is 2.28. The van der Waals surface area contributed by atoms with Crippen molar-refractivity contribution in [2.45, 2.75) is 43.7 Å². The van der Waals surface area contributed by atoms with Crippen LogP contribution in [-0.2, 0) is 17.0 Å². The van der Waals surface area contributed by atoms with Gasteiger partial charge in [0.2, 0.25) is 16.0 Å². The fourth-order valence-electron chi connectivity index (χ4n) is 2.06. The van der Waals surface area contributed by atoms with E-state index >= 15 is 0 Å². The Labute approximate surface area is 162 Å². The number of aromatic nitrogens is 5. The van der Waals surface area contributed by atoms with E-state index in [0.717, 1.165) is 11.4 Å². The standard InChI is InChI=1S/C15H18N6O2S3/c1-4-10(22)17-13-18-19-15(26-13)24-7-9-6-12(23)21-14(16-9)25-11(20-21)5-8(2)3/h6,8H,4-5,7H2,1-3H3,(H,17,18,22). The number of hydrogen-bond donors (Lipinski definition) is 1. The Morgan fingerprint density at radius 3 is 2.88 bits per heavy atom. The van der Waals surface area contributed by atoms with Crippen molar-refractivity contribution in [3.05, 3.63) is 27.1 Å². The SMILES string of the molecule is CCC(=O)Nc1nnc(SCc2cc(=O)n3nc(CC(C)C)sc3n2)s1. The predicted molar refractivity (Wildman–Crippen MR) is 104 cm³/mol. The summed E-state index contributed by atoms with van der Waals surface area (Å²) in [6.45, 7) is 6.01. The van der Waals surface area contributed by atoms with Crippen LogP contribution in [0.25, 0.3) is 4.96 Å². The lowest BCUT2D eigenvalue weighted by atomic mass is 10.1. The maximum absolute atomic E-state index is 12.3. The molecule has 0 saturated carbocycles. The number of rotatable bonds is 7. The molecule has 0 saturated heterocycles. The lowest BCUT2D eigenvalue weighted by molar-refractivity contribution is -0.115. The van der Waals surface area contributed by atoms with Crippen molar-refractivity contribution in [1.29, 1.82) is 0 Å². The molecule has 0 aliphatic carbocycles. The zero-order chi connectivity index (χ0) is 18.7. The maximum Gasteiger partial charge on any atom is 0.275 e. The van der Waals surface area contributed by atoms with Gasteiger partial charge in [0.15, 0.2) is 4.34 Å². The minimum Gasteiger partial charge on any atom is -0.301 e. The predicted octanol–water partition coefficient (Wildman–Crippen LogP) is 2.84. The molecule has 0 aliphatic heterocycles. The van der Waals surface area contributed by atoms with Crippen LogP contribution in [0.15, 0.2) is 15.2 Å². The molecular formula is C15H18N6O2S3. The van der Waals surface area contributed by atoms with E-state index in [1.807, 2.05) is 0 Å². The van der Waals surface area contributed by atoms with Crippen LogP contribution >= 0.6 is 34.4 Å². The Morgan fingerprint density at radius 2 is 2.15 bits per heavy atom. The molecule has 3 rings (SSSR count). The van der Waals surface area contributed by atoms with Crippen LogP contribution in [0.4, 0.5) is 5.13 Å². The molecule has 3 heterocycles. The van der Waals surface area contributed by atoms with E-state index in [2.05, 4.69) is 39.4 Å². The van der Waals surface area contributed by atoms with Crippen LogP contribution in [0, 0.1) is 5.92 Å². The van der Waals surface area contributed by atoms with E-state index in [1.165, 1.54) is 45.0 Å². The summed E-state index contributed by atoms with van der Waals surface area (Å²) in [5.41, 5.74) is 0.499. The first kappa shape index (κ1) is 18.9. The fraction of sp³-hybridized carbons (Fsp3) is 0.467. The Balaban J connectivity index is 1.71. The van der Waals surface area contributed by atoms with Gasteiger partial charge in [-0.2, -0.15) is 9.61 Å². The Kier molecular flexibility index (Phi) is 5.99. The Hall–Kier alpha value is -1.85. The van der Waals surface area contributed by atoms with Gasteiger partial charge in [-0.15, -0.1) is 10.2 Å². The molecule has 1 N–H and O–H groups in total. The molecule has 0 radical (unpaired) electrons. The van der Waals surface area contributed by atoms with Gasteiger partial charge in [0.25, 0.3) is 5.56 Å². The highest BCUT2D eigenvalue weighted by molar-refractivity contribution is 8.00. The largest absolute Gasteiger partial charge is 0.301 e. The normalized spacial score (nSPS) is 11.4. The van der Waals surface area contributed by atoms with Crippen LogP contribution in [0.5, 0.6) is 0 Å². The second-order valence-electron chi connectivity index (χ2n) is 5.94. The van der Waals surface area contributed by atoms with Crippen LogP contribution in [0.1, 0.15) is 37.9 Å². The van der Waals surface area contributed by atoms with Crippen LogP contribution < -0.4 is 10.9 Å². The third kappa shape index (κ3) is 4.65. The summed E-state index contributed by atoms with van der Waals surface area (Å²) in [6, 6.07) is 1.50. The monoisotopic (exact) mass is 410 g/mol. The van der Waals surface area contributed by atoms with Crippen LogP contribution in [-0.4, -0.2) is 30.7 Å². The maximum atomic E-state index is 12.3. The van der Waals surface area contributed by atoms with Gasteiger partial charge in [-0.1, -0.05) is 55.2 Å². The number of carbonyl (C=O) groups excluding carboxylic acids is 1. The van der Waals surface area contributed by atoms with Gasteiger partial charge >= 0.3 is 0 Å². The number of carbonyl (C=O) groups is 1. The molecule has 138 valence electrons. The van der Waals surface area contributed by atoms with Crippen molar-refractivity contribution in [3.63, 3.8) is 0 Å². The van der Waals surface area contributed by atoms with E-state index in [-0.39, 0.29) is 11.5 Å². The molecule has 26 heavy (non-hydrogen) atoms. The number of anilines is 1.